The normalized spacial score (nSPS) is 31.9. The average Bonchev–Trinajstić information content (AvgIpc) is 2.40. The third-order valence-electron chi connectivity index (χ3n) is 4.42. The molecule has 98 valence electrons. The molecule has 1 saturated heterocycles. The van der Waals surface area contributed by atoms with E-state index in [2.05, 4.69) is 24.3 Å². The van der Waals surface area contributed by atoms with Crippen LogP contribution in [0, 0.1) is 0 Å². The molecule has 1 aromatic carbocycles. The molecule has 18 heavy (non-hydrogen) atoms. The lowest BCUT2D eigenvalue weighted by atomic mass is 9.75. The predicted molar refractivity (Wildman–Crippen MR) is 71.7 cm³/mol. The summed E-state index contributed by atoms with van der Waals surface area (Å²) in [5, 5.41) is 10.6. The van der Waals surface area contributed by atoms with E-state index in [0.29, 0.717) is 12.5 Å². The van der Waals surface area contributed by atoms with Crippen molar-refractivity contribution in [2.24, 2.45) is 0 Å². The third kappa shape index (κ3) is 2.45. The van der Waals surface area contributed by atoms with Crippen LogP contribution in [0.5, 0.6) is 0 Å². The van der Waals surface area contributed by atoms with Crippen LogP contribution in [0.3, 0.4) is 0 Å². The highest BCUT2D eigenvalue weighted by atomic mass is 16.5. The first-order chi connectivity index (χ1) is 8.77. The summed E-state index contributed by atoms with van der Waals surface area (Å²) in [5.74, 6) is 0.515. The number of benzene rings is 1. The second kappa shape index (κ2) is 5.02. The van der Waals surface area contributed by atoms with Crippen LogP contribution >= 0.6 is 0 Å². The second-order valence-electron chi connectivity index (χ2n) is 5.87. The van der Waals surface area contributed by atoms with Gasteiger partial charge in [0.05, 0.1) is 12.2 Å². The van der Waals surface area contributed by atoms with E-state index >= 15 is 0 Å². The van der Waals surface area contributed by atoms with Crippen molar-refractivity contribution >= 4 is 0 Å². The van der Waals surface area contributed by atoms with Gasteiger partial charge in [0.2, 0.25) is 0 Å². The summed E-state index contributed by atoms with van der Waals surface area (Å²) in [6.45, 7) is 1.33. The van der Waals surface area contributed by atoms with E-state index in [9.17, 15) is 5.11 Å². The molecule has 1 heterocycles. The average molecular weight is 246 g/mol. The Hall–Kier alpha value is -0.860. The van der Waals surface area contributed by atoms with Crippen molar-refractivity contribution in [3.05, 3.63) is 35.4 Å². The zero-order chi connectivity index (χ0) is 12.4. The summed E-state index contributed by atoms with van der Waals surface area (Å²) in [4.78, 5) is 0. The first kappa shape index (κ1) is 12.2. The number of rotatable bonds is 2. The van der Waals surface area contributed by atoms with Crippen molar-refractivity contribution in [1.82, 2.24) is 0 Å². The van der Waals surface area contributed by atoms with E-state index in [4.69, 9.17) is 4.74 Å². The van der Waals surface area contributed by atoms with Gasteiger partial charge >= 0.3 is 0 Å². The Balaban J connectivity index is 1.77. The molecule has 1 aliphatic carbocycles. The van der Waals surface area contributed by atoms with Crippen molar-refractivity contribution in [2.75, 3.05) is 13.2 Å². The largest absolute Gasteiger partial charge is 0.387 e. The molecule has 0 bridgehead atoms. The quantitative estimate of drug-likeness (QED) is 0.869. The molecular weight excluding hydrogens is 224 g/mol. The molecule has 2 nitrogen and oxygen atoms in total. The van der Waals surface area contributed by atoms with Crippen molar-refractivity contribution in [3.8, 4) is 0 Å². The Morgan fingerprint density at radius 2 is 2.17 bits per heavy atom. The standard InChI is InChI=1S/C16H22O2/c17-16(9-4-10-18-12-16)11-14-7-3-6-13-5-1-2-8-15(13)14/h1-2,5,8,14,17H,3-4,6-7,9-12H2. The summed E-state index contributed by atoms with van der Waals surface area (Å²) in [7, 11) is 0. The molecule has 0 amide bonds. The highest BCUT2D eigenvalue weighted by Crippen LogP contribution is 2.39. The molecule has 3 rings (SSSR count). The summed E-state index contributed by atoms with van der Waals surface area (Å²) in [5.41, 5.74) is 2.35. The first-order valence-corrected chi connectivity index (χ1v) is 7.15. The molecule has 1 aromatic rings. The van der Waals surface area contributed by atoms with Gasteiger partial charge in [-0.15, -0.1) is 0 Å². The molecule has 0 spiro atoms. The smallest absolute Gasteiger partial charge is 0.0886 e. The Kier molecular flexibility index (Phi) is 3.40. The van der Waals surface area contributed by atoms with Crippen molar-refractivity contribution in [2.45, 2.75) is 50.0 Å². The first-order valence-electron chi connectivity index (χ1n) is 7.15. The summed E-state index contributed by atoms with van der Waals surface area (Å²) >= 11 is 0. The van der Waals surface area contributed by atoms with Gasteiger partial charge in [-0.1, -0.05) is 24.3 Å². The maximum absolute atomic E-state index is 10.6. The number of ether oxygens (including phenoxy) is 1. The molecule has 1 aliphatic heterocycles. The SMILES string of the molecule is OC1(CC2CCCc3ccccc32)CCCOC1. The molecule has 0 saturated carbocycles. The van der Waals surface area contributed by atoms with E-state index in [-0.39, 0.29) is 0 Å². The van der Waals surface area contributed by atoms with Crippen molar-refractivity contribution < 1.29 is 9.84 Å². The van der Waals surface area contributed by atoms with Gasteiger partial charge in [0.15, 0.2) is 0 Å². The summed E-state index contributed by atoms with van der Waals surface area (Å²) < 4.78 is 5.46. The molecule has 2 heteroatoms. The molecule has 1 N–H and O–H groups in total. The Morgan fingerprint density at radius 1 is 1.28 bits per heavy atom. The number of fused-ring (bicyclic) bond motifs is 1. The zero-order valence-corrected chi connectivity index (χ0v) is 10.9. The lowest BCUT2D eigenvalue weighted by Gasteiger charge is -2.37. The maximum atomic E-state index is 10.6. The highest BCUT2D eigenvalue weighted by Gasteiger charge is 2.34. The predicted octanol–water partition coefficient (Wildman–Crippen LogP) is 3.04. The number of aryl methyl sites for hydroxylation is 1. The van der Waals surface area contributed by atoms with Crippen molar-refractivity contribution in [1.29, 1.82) is 0 Å². The maximum Gasteiger partial charge on any atom is 0.0886 e. The third-order valence-corrected chi connectivity index (χ3v) is 4.42. The van der Waals surface area contributed by atoms with Crippen LogP contribution in [0.1, 0.15) is 49.1 Å². The fourth-order valence-electron chi connectivity index (χ4n) is 3.52. The van der Waals surface area contributed by atoms with E-state index in [1.165, 1.54) is 30.4 Å². The number of hydrogen-bond donors (Lipinski definition) is 1. The summed E-state index contributed by atoms with van der Waals surface area (Å²) in [6, 6.07) is 8.73. The van der Waals surface area contributed by atoms with Crippen LogP contribution in [0.25, 0.3) is 0 Å². The van der Waals surface area contributed by atoms with E-state index in [1.54, 1.807) is 0 Å². The van der Waals surface area contributed by atoms with Crippen LogP contribution in [0.2, 0.25) is 0 Å². The number of aliphatic hydroxyl groups is 1. The van der Waals surface area contributed by atoms with Crippen molar-refractivity contribution in [3.63, 3.8) is 0 Å². The number of hydrogen-bond acceptors (Lipinski definition) is 2. The second-order valence-corrected chi connectivity index (χ2v) is 5.87. The fraction of sp³-hybridized carbons (Fsp3) is 0.625. The van der Waals surface area contributed by atoms with Gasteiger partial charge in [0.1, 0.15) is 0 Å². The topological polar surface area (TPSA) is 29.5 Å². The fourth-order valence-corrected chi connectivity index (χ4v) is 3.52. The van der Waals surface area contributed by atoms with Gasteiger partial charge in [0.25, 0.3) is 0 Å². The van der Waals surface area contributed by atoms with E-state index in [0.717, 1.165) is 25.9 Å². The summed E-state index contributed by atoms with van der Waals surface area (Å²) in [6.07, 6.45) is 6.40. The van der Waals surface area contributed by atoms with Gasteiger partial charge in [-0.3, -0.25) is 0 Å². The van der Waals surface area contributed by atoms with Crippen LogP contribution in [-0.2, 0) is 11.2 Å². The van der Waals surface area contributed by atoms with Gasteiger partial charge in [-0.2, -0.15) is 0 Å². The minimum Gasteiger partial charge on any atom is -0.387 e. The van der Waals surface area contributed by atoms with Crippen LogP contribution in [0.4, 0.5) is 0 Å². The molecule has 2 aliphatic rings. The van der Waals surface area contributed by atoms with Crippen LogP contribution in [0.15, 0.2) is 24.3 Å². The monoisotopic (exact) mass is 246 g/mol. The Labute approximate surface area is 109 Å². The Bertz CT molecular complexity index is 407. The highest BCUT2D eigenvalue weighted by molar-refractivity contribution is 5.32. The van der Waals surface area contributed by atoms with E-state index in [1.807, 2.05) is 0 Å². The van der Waals surface area contributed by atoms with Gasteiger partial charge in [-0.25, -0.2) is 0 Å². The minimum atomic E-state index is -0.590. The van der Waals surface area contributed by atoms with E-state index < -0.39 is 5.60 Å². The Morgan fingerprint density at radius 3 is 3.00 bits per heavy atom. The molecule has 0 radical (unpaired) electrons. The van der Waals surface area contributed by atoms with Gasteiger partial charge in [-0.05, 0) is 55.6 Å². The lowest BCUT2D eigenvalue weighted by Crippen LogP contribution is -2.40. The molecule has 2 atom stereocenters. The lowest BCUT2D eigenvalue weighted by molar-refractivity contribution is -0.0936. The minimum absolute atomic E-state index is 0.515. The zero-order valence-electron chi connectivity index (χ0n) is 10.9. The molecular formula is C16H22O2. The van der Waals surface area contributed by atoms with Gasteiger partial charge < -0.3 is 9.84 Å². The molecule has 0 aromatic heterocycles. The van der Waals surface area contributed by atoms with Crippen LogP contribution in [-0.4, -0.2) is 23.9 Å². The molecule has 1 fully saturated rings. The molecule has 2 unspecified atom stereocenters. The van der Waals surface area contributed by atoms with Gasteiger partial charge in [0, 0.05) is 6.61 Å². The van der Waals surface area contributed by atoms with Crippen LogP contribution < -0.4 is 0 Å².